The summed E-state index contributed by atoms with van der Waals surface area (Å²) < 4.78 is 23.5. The van der Waals surface area contributed by atoms with Gasteiger partial charge >= 0.3 is 5.97 Å². The number of esters is 1. The smallest absolute Gasteiger partial charge is 0.306 e. The van der Waals surface area contributed by atoms with Crippen molar-refractivity contribution < 1.29 is 28.6 Å². The van der Waals surface area contributed by atoms with Crippen molar-refractivity contribution in [1.29, 1.82) is 0 Å². The van der Waals surface area contributed by atoms with Crippen LogP contribution in [0.15, 0.2) is 48.5 Å². The predicted molar refractivity (Wildman–Crippen MR) is 182 cm³/mol. The lowest BCUT2D eigenvalue weighted by Crippen LogP contribution is -2.62. The van der Waals surface area contributed by atoms with Crippen molar-refractivity contribution in [3.8, 4) is 0 Å². The zero-order chi connectivity index (χ0) is 33.9. The van der Waals surface area contributed by atoms with Crippen molar-refractivity contribution in [1.82, 2.24) is 19.4 Å². The van der Waals surface area contributed by atoms with Gasteiger partial charge in [-0.1, -0.05) is 36.4 Å². The second-order valence-corrected chi connectivity index (χ2v) is 14.5. The first kappa shape index (κ1) is 30.9. The Morgan fingerprint density at radius 1 is 1.08 bits per heavy atom. The molecule has 3 N–H and O–H groups in total. The Morgan fingerprint density at radius 2 is 1.75 bits per heavy atom. The number of amides is 2. The van der Waals surface area contributed by atoms with E-state index in [2.05, 4.69) is 38.7 Å². The van der Waals surface area contributed by atoms with E-state index in [0.29, 0.717) is 18.5 Å². The quantitative estimate of drug-likeness (QED) is 0.246. The van der Waals surface area contributed by atoms with Crippen LogP contribution in [0, 0.1) is 0 Å². The van der Waals surface area contributed by atoms with Gasteiger partial charge in [0.25, 0.3) is 5.91 Å². The van der Waals surface area contributed by atoms with Gasteiger partial charge in [0.05, 0.1) is 39.7 Å². The van der Waals surface area contributed by atoms with E-state index in [-0.39, 0.29) is 24.7 Å². The van der Waals surface area contributed by atoms with E-state index >= 15 is 0 Å². The minimum absolute atomic E-state index is 0.0358. The van der Waals surface area contributed by atoms with Crippen molar-refractivity contribution in [2.45, 2.75) is 89.2 Å². The molecule has 0 saturated carbocycles. The molecule has 3 aromatic carbocycles. The Bertz CT molecular complexity index is 2190. The molecule has 11 nitrogen and oxygen atoms in total. The number of carbonyl (C=O) groups is 3. The van der Waals surface area contributed by atoms with Gasteiger partial charge < -0.3 is 39.3 Å². The van der Waals surface area contributed by atoms with Gasteiger partial charge in [0, 0.05) is 55.1 Å². The summed E-state index contributed by atoms with van der Waals surface area (Å²) in [5.41, 5.74) is 10.3. The van der Waals surface area contributed by atoms with Crippen LogP contribution in [0.3, 0.4) is 0 Å². The molecule has 1 saturated heterocycles. The molecule has 2 amide bonds. The van der Waals surface area contributed by atoms with Crippen LogP contribution < -0.4 is 11.1 Å². The number of rotatable bonds is 6. The fraction of sp³-hybridized carbons (Fsp3) is 0.432. The Kier molecular flexibility index (Phi) is 6.76. The van der Waals surface area contributed by atoms with Crippen molar-refractivity contribution >= 4 is 61.4 Å². The van der Waals surface area contributed by atoms with E-state index in [1.165, 1.54) is 0 Å². The molecule has 5 heterocycles. The lowest BCUT2D eigenvalue weighted by atomic mass is 9.91. The van der Waals surface area contributed by atoms with Crippen LogP contribution in [0.2, 0.25) is 0 Å². The van der Waals surface area contributed by atoms with Crippen LogP contribution in [0.5, 0.6) is 0 Å². The van der Waals surface area contributed by atoms with Crippen molar-refractivity contribution in [3.05, 3.63) is 59.7 Å². The normalized spacial score (nSPS) is 23.9. The Hall–Kier alpha value is -4.45. The van der Waals surface area contributed by atoms with Crippen molar-refractivity contribution in [3.63, 3.8) is 0 Å². The van der Waals surface area contributed by atoms with Gasteiger partial charge in [-0.05, 0) is 51.8 Å². The van der Waals surface area contributed by atoms with Crippen LogP contribution in [0.4, 0.5) is 0 Å². The van der Waals surface area contributed by atoms with Gasteiger partial charge in [-0.15, -0.1) is 0 Å². The third-order valence-corrected chi connectivity index (χ3v) is 10.4. The molecule has 0 aliphatic carbocycles. The van der Waals surface area contributed by atoms with Crippen LogP contribution in [0.1, 0.15) is 69.1 Å². The number of nitrogens with zero attached hydrogens (tertiary/aromatic N) is 3. The first-order valence-corrected chi connectivity index (χ1v) is 16.6. The predicted octanol–water partition coefficient (Wildman–Crippen LogP) is 5.04. The zero-order valence-corrected chi connectivity index (χ0v) is 28.1. The average molecular weight is 652 g/mol. The lowest BCUT2D eigenvalue weighted by molar-refractivity contribution is -0.266. The number of ether oxygens (including phenoxy) is 3. The Morgan fingerprint density at radius 3 is 2.44 bits per heavy atom. The summed E-state index contributed by atoms with van der Waals surface area (Å²) >= 11 is 0. The fourth-order valence-electron chi connectivity index (χ4n) is 8.61. The van der Waals surface area contributed by atoms with E-state index in [1.807, 2.05) is 52.0 Å². The molecule has 11 heteroatoms. The number of methoxy groups -OCH3 is 1. The number of nitrogens with two attached hydrogens (primary N) is 1. The molecule has 250 valence electrons. The maximum absolute atomic E-state index is 14.0. The number of aromatic nitrogens is 2. The number of para-hydroxylation sites is 2. The van der Waals surface area contributed by atoms with Gasteiger partial charge in [-0.2, -0.15) is 0 Å². The second kappa shape index (κ2) is 10.5. The number of nitrogens with one attached hydrogen (secondary N) is 1. The number of fused-ring (bicyclic) bond motifs is 13. The number of likely N-dealkylation sites (N-methyl/N-ethyl adjacent to an activating group) is 1. The molecule has 48 heavy (non-hydrogen) atoms. The summed E-state index contributed by atoms with van der Waals surface area (Å²) in [5.74, 6) is -0.756. The van der Waals surface area contributed by atoms with E-state index in [1.54, 1.807) is 19.1 Å². The second-order valence-electron chi connectivity index (χ2n) is 14.5. The van der Waals surface area contributed by atoms with Crippen LogP contribution >= 0.6 is 0 Å². The Labute approximate surface area is 277 Å². The summed E-state index contributed by atoms with van der Waals surface area (Å²) in [6, 6.07) is 15.0. The highest BCUT2D eigenvalue weighted by molar-refractivity contribution is 6.31. The summed E-state index contributed by atoms with van der Waals surface area (Å²) in [4.78, 5) is 41.7. The minimum Gasteiger partial charge on any atom is -0.460 e. The molecule has 3 aliphatic rings. The standard InChI is InChI=1S/C37H41N5O6/c1-36(2,3)48-27(43)16-15-22(38)35(45)40(5)25-17-26-41-23-13-9-7-11-19(23)29-30-21(18-39-34(30)44)28-20-12-8-10-14-24(20)42(32(28)31(29)41)37(4,47-26)33(25)46-6/h7-14,22,25-26,33H,15-18,38H2,1-6H3,(H,39,44). The fourth-order valence-corrected chi connectivity index (χ4v) is 8.61. The molecule has 5 aromatic rings. The summed E-state index contributed by atoms with van der Waals surface area (Å²) in [7, 11) is 3.41. The molecule has 3 aliphatic heterocycles. The average Bonchev–Trinajstić information content (AvgIpc) is 3.69. The van der Waals surface area contributed by atoms with Gasteiger partial charge in [-0.3, -0.25) is 14.4 Å². The maximum Gasteiger partial charge on any atom is 0.306 e. The molecule has 5 unspecified atom stereocenters. The zero-order valence-electron chi connectivity index (χ0n) is 28.1. The number of hydrogen-bond donors (Lipinski definition) is 2. The first-order valence-electron chi connectivity index (χ1n) is 16.6. The molecule has 1 fully saturated rings. The molecule has 5 atom stereocenters. The van der Waals surface area contributed by atoms with Crippen LogP contribution in [-0.2, 0) is 36.1 Å². The number of carbonyl (C=O) groups excluding carboxylic acids is 3. The molecule has 8 rings (SSSR count). The van der Waals surface area contributed by atoms with Crippen LogP contribution in [0.25, 0.3) is 43.6 Å². The third kappa shape index (κ3) is 4.20. The molecule has 2 bridgehead atoms. The summed E-state index contributed by atoms with van der Waals surface area (Å²) in [6.45, 7) is 7.89. The number of hydrogen-bond acceptors (Lipinski definition) is 7. The largest absolute Gasteiger partial charge is 0.460 e. The highest BCUT2D eigenvalue weighted by atomic mass is 16.6. The van der Waals surface area contributed by atoms with E-state index < -0.39 is 41.7 Å². The van der Waals surface area contributed by atoms with E-state index in [4.69, 9.17) is 19.9 Å². The molecular weight excluding hydrogens is 610 g/mol. The molecule has 0 spiro atoms. The van der Waals surface area contributed by atoms with Crippen molar-refractivity contribution in [2.24, 2.45) is 5.73 Å². The molecule has 0 radical (unpaired) electrons. The van der Waals surface area contributed by atoms with Gasteiger partial charge in [0.2, 0.25) is 5.91 Å². The SMILES string of the molecule is COC1C(N(C)C(=O)C(N)CCC(=O)OC(C)(C)C)CC2OC1(C)n1c3ccccc3c3c4c(c5c6ccccc6n2c5c31)C(=O)NC4. The lowest BCUT2D eigenvalue weighted by Gasteiger charge is -2.50. The topological polar surface area (TPSA) is 130 Å². The monoisotopic (exact) mass is 651 g/mol. The van der Waals surface area contributed by atoms with Gasteiger partial charge in [0.1, 0.15) is 17.9 Å². The van der Waals surface area contributed by atoms with Gasteiger partial charge in [-0.25, -0.2) is 0 Å². The summed E-state index contributed by atoms with van der Waals surface area (Å²) in [5, 5.41) is 7.04. The van der Waals surface area contributed by atoms with Crippen LogP contribution in [-0.4, -0.2) is 69.8 Å². The van der Waals surface area contributed by atoms with E-state index in [0.717, 1.165) is 49.2 Å². The maximum atomic E-state index is 14.0. The third-order valence-electron chi connectivity index (χ3n) is 10.4. The molecular formula is C37H41N5O6. The number of benzene rings is 3. The highest BCUT2D eigenvalue weighted by Crippen LogP contribution is 2.54. The highest BCUT2D eigenvalue weighted by Gasteiger charge is 2.55. The first-order chi connectivity index (χ1) is 22.9. The molecule has 2 aromatic heterocycles. The minimum atomic E-state index is -1.07. The Balaban J connectivity index is 1.32. The van der Waals surface area contributed by atoms with Gasteiger partial charge in [0.15, 0.2) is 5.72 Å². The van der Waals surface area contributed by atoms with E-state index in [9.17, 15) is 14.4 Å². The summed E-state index contributed by atoms with van der Waals surface area (Å²) in [6.07, 6.45) is -0.500. The van der Waals surface area contributed by atoms with Crippen molar-refractivity contribution in [2.75, 3.05) is 14.2 Å².